The van der Waals surface area contributed by atoms with Gasteiger partial charge >= 0.3 is 0 Å². The number of hydrogen-bond acceptors (Lipinski definition) is 3. The van der Waals surface area contributed by atoms with Crippen LogP contribution in [0.1, 0.15) is 25.8 Å². The number of hydrogen-bond donors (Lipinski definition) is 2. The average Bonchev–Trinajstić information content (AvgIpc) is 2.44. The van der Waals surface area contributed by atoms with Crippen LogP contribution < -0.4 is 10.1 Å². The molecule has 4 heteroatoms. The third kappa shape index (κ3) is 5.14. The molecule has 0 spiro atoms. The Balaban J connectivity index is 2.68. The lowest BCUT2D eigenvalue weighted by atomic mass is 10.2. The topological polar surface area (TPSA) is 58.6 Å². The molecule has 0 aliphatic heterocycles. The van der Waals surface area contributed by atoms with Crippen molar-refractivity contribution in [3.63, 3.8) is 0 Å². The van der Waals surface area contributed by atoms with Gasteiger partial charge in [0.15, 0.2) is 0 Å². The van der Waals surface area contributed by atoms with E-state index in [4.69, 9.17) is 9.84 Å². The van der Waals surface area contributed by atoms with E-state index >= 15 is 0 Å². The van der Waals surface area contributed by atoms with E-state index < -0.39 is 0 Å². The molecule has 0 saturated heterocycles. The highest BCUT2D eigenvalue weighted by Gasteiger charge is 2.06. The number of para-hydroxylation sites is 1. The van der Waals surface area contributed by atoms with E-state index in [0.29, 0.717) is 13.0 Å². The molecule has 19 heavy (non-hydrogen) atoms. The summed E-state index contributed by atoms with van der Waals surface area (Å²) in [6.45, 7) is 4.36. The fourth-order valence-electron chi connectivity index (χ4n) is 1.60. The highest BCUT2D eigenvalue weighted by atomic mass is 16.5. The van der Waals surface area contributed by atoms with E-state index in [0.717, 1.165) is 11.3 Å². The van der Waals surface area contributed by atoms with Crippen molar-refractivity contribution in [3.05, 3.63) is 35.9 Å². The van der Waals surface area contributed by atoms with Crippen LogP contribution in [0.25, 0.3) is 6.08 Å². The summed E-state index contributed by atoms with van der Waals surface area (Å²) in [7, 11) is 0. The summed E-state index contributed by atoms with van der Waals surface area (Å²) in [6, 6.07) is 7.34. The maximum atomic E-state index is 11.7. The number of nitrogens with one attached hydrogen (secondary N) is 1. The predicted octanol–water partition coefficient (Wildman–Crippen LogP) is 1.99. The maximum absolute atomic E-state index is 11.7. The third-order valence-corrected chi connectivity index (χ3v) is 2.69. The van der Waals surface area contributed by atoms with Gasteiger partial charge < -0.3 is 15.2 Å². The second-order valence-electron chi connectivity index (χ2n) is 4.10. The van der Waals surface area contributed by atoms with E-state index in [2.05, 4.69) is 5.32 Å². The van der Waals surface area contributed by atoms with Gasteiger partial charge in [-0.05, 0) is 25.5 Å². The third-order valence-electron chi connectivity index (χ3n) is 2.69. The number of amides is 1. The highest BCUT2D eigenvalue weighted by molar-refractivity contribution is 5.92. The first-order chi connectivity index (χ1) is 9.21. The molecule has 0 aromatic heterocycles. The summed E-state index contributed by atoms with van der Waals surface area (Å²) in [4.78, 5) is 11.7. The van der Waals surface area contributed by atoms with Gasteiger partial charge in [-0.2, -0.15) is 0 Å². The molecule has 0 heterocycles. The summed E-state index contributed by atoms with van der Waals surface area (Å²) >= 11 is 0. The molecule has 1 rings (SSSR count). The van der Waals surface area contributed by atoms with Gasteiger partial charge in [-0.3, -0.25) is 4.79 Å². The number of benzene rings is 1. The first-order valence-electron chi connectivity index (χ1n) is 6.52. The molecule has 0 unspecified atom stereocenters. The number of carbonyl (C=O) groups excluding carboxylic acids is 1. The number of rotatable bonds is 7. The second-order valence-corrected chi connectivity index (χ2v) is 4.10. The van der Waals surface area contributed by atoms with E-state index in [1.54, 1.807) is 6.08 Å². The molecular weight excluding hydrogens is 242 g/mol. The normalized spacial score (nSPS) is 12.4. The van der Waals surface area contributed by atoms with Crippen LogP contribution in [-0.4, -0.2) is 30.3 Å². The number of carbonyl (C=O) groups is 1. The van der Waals surface area contributed by atoms with Gasteiger partial charge in [0.2, 0.25) is 5.91 Å². The maximum Gasteiger partial charge on any atom is 0.244 e. The molecule has 0 radical (unpaired) electrons. The monoisotopic (exact) mass is 263 g/mol. The zero-order chi connectivity index (χ0) is 14.1. The van der Waals surface area contributed by atoms with Crippen molar-refractivity contribution in [1.29, 1.82) is 0 Å². The SMILES string of the molecule is CCOc1ccccc1/C=C/C(=O)N[C@@H](CC)CO. The summed E-state index contributed by atoms with van der Waals surface area (Å²) in [6.07, 6.45) is 3.87. The molecule has 0 aliphatic rings. The first-order valence-corrected chi connectivity index (χ1v) is 6.52. The number of aliphatic hydroxyl groups excluding tert-OH is 1. The van der Waals surface area contributed by atoms with Crippen molar-refractivity contribution in [2.75, 3.05) is 13.2 Å². The largest absolute Gasteiger partial charge is 0.493 e. The van der Waals surface area contributed by atoms with E-state index in [1.807, 2.05) is 38.1 Å². The lowest BCUT2D eigenvalue weighted by molar-refractivity contribution is -0.117. The fourth-order valence-corrected chi connectivity index (χ4v) is 1.60. The van der Waals surface area contributed by atoms with Gasteiger partial charge in [0.05, 0.1) is 19.3 Å². The van der Waals surface area contributed by atoms with Gasteiger partial charge in [-0.25, -0.2) is 0 Å². The van der Waals surface area contributed by atoms with Crippen LogP contribution in [0.4, 0.5) is 0 Å². The number of ether oxygens (including phenoxy) is 1. The molecular formula is C15H21NO3. The van der Waals surface area contributed by atoms with Crippen molar-refractivity contribution < 1.29 is 14.6 Å². The Bertz CT molecular complexity index is 425. The van der Waals surface area contributed by atoms with E-state index in [1.165, 1.54) is 6.08 Å². The molecule has 4 nitrogen and oxygen atoms in total. The summed E-state index contributed by atoms with van der Waals surface area (Å²) in [5.41, 5.74) is 0.858. The van der Waals surface area contributed by atoms with Gasteiger partial charge in [0.1, 0.15) is 5.75 Å². The average molecular weight is 263 g/mol. The Hall–Kier alpha value is -1.81. The molecule has 104 valence electrons. The lowest BCUT2D eigenvalue weighted by Crippen LogP contribution is -2.35. The van der Waals surface area contributed by atoms with Crippen molar-refractivity contribution in [1.82, 2.24) is 5.32 Å². The van der Waals surface area contributed by atoms with Crippen LogP contribution in [-0.2, 0) is 4.79 Å². The first kappa shape index (κ1) is 15.2. The van der Waals surface area contributed by atoms with Gasteiger partial charge in [0, 0.05) is 11.6 Å². The summed E-state index contributed by atoms with van der Waals surface area (Å²) < 4.78 is 5.47. The van der Waals surface area contributed by atoms with E-state index in [-0.39, 0.29) is 18.6 Å². The van der Waals surface area contributed by atoms with Crippen molar-refractivity contribution in [2.24, 2.45) is 0 Å². The van der Waals surface area contributed by atoms with E-state index in [9.17, 15) is 4.79 Å². The Morgan fingerprint density at radius 3 is 2.79 bits per heavy atom. The van der Waals surface area contributed by atoms with Crippen LogP contribution in [0.5, 0.6) is 5.75 Å². The van der Waals surface area contributed by atoms with Gasteiger partial charge in [-0.15, -0.1) is 0 Å². The van der Waals surface area contributed by atoms with Gasteiger partial charge in [-0.1, -0.05) is 25.1 Å². The van der Waals surface area contributed by atoms with Crippen molar-refractivity contribution in [2.45, 2.75) is 26.3 Å². The Kier molecular flexibility index (Phi) is 6.68. The minimum absolute atomic E-state index is 0.0500. The summed E-state index contributed by atoms with van der Waals surface area (Å²) in [5, 5.41) is 11.7. The molecule has 0 aliphatic carbocycles. The Morgan fingerprint density at radius 1 is 1.42 bits per heavy atom. The molecule has 2 N–H and O–H groups in total. The lowest BCUT2D eigenvalue weighted by Gasteiger charge is -2.12. The zero-order valence-electron chi connectivity index (χ0n) is 11.4. The molecule has 0 bridgehead atoms. The van der Waals surface area contributed by atoms with Crippen LogP contribution in [0.3, 0.4) is 0 Å². The minimum Gasteiger partial charge on any atom is -0.493 e. The second kappa shape index (κ2) is 8.32. The highest BCUT2D eigenvalue weighted by Crippen LogP contribution is 2.19. The number of aliphatic hydroxyl groups is 1. The Labute approximate surface area is 114 Å². The molecule has 1 aromatic carbocycles. The van der Waals surface area contributed by atoms with Crippen LogP contribution >= 0.6 is 0 Å². The quantitative estimate of drug-likeness (QED) is 0.740. The Morgan fingerprint density at radius 2 is 2.16 bits per heavy atom. The minimum atomic E-state index is -0.216. The van der Waals surface area contributed by atoms with Crippen LogP contribution in [0.2, 0.25) is 0 Å². The zero-order valence-corrected chi connectivity index (χ0v) is 11.4. The predicted molar refractivity (Wildman–Crippen MR) is 76.0 cm³/mol. The van der Waals surface area contributed by atoms with Crippen LogP contribution in [0, 0.1) is 0 Å². The molecule has 1 aromatic rings. The fraction of sp³-hybridized carbons (Fsp3) is 0.400. The molecule has 0 fully saturated rings. The van der Waals surface area contributed by atoms with Gasteiger partial charge in [0.25, 0.3) is 0 Å². The standard InChI is InChI=1S/C15H21NO3/c1-3-13(11-17)16-15(18)10-9-12-7-5-6-8-14(12)19-4-2/h5-10,13,17H,3-4,11H2,1-2H3,(H,16,18)/b10-9+/t13-/m0/s1. The van der Waals surface area contributed by atoms with Crippen LogP contribution in [0.15, 0.2) is 30.3 Å². The molecule has 1 atom stereocenters. The van der Waals surface area contributed by atoms with Crippen molar-refractivity contribution in [3.8, 4) is 5.75 Å². The summed E-state index contributed by atoms with van der Waals surface area (Å²) in [5.74, 6) is 0.537. The van der Waals surface area contributed by atoms with Crippen molar-refractivity contribution >= 4 is 12.0 Å². The molecule has 0 saturated carbocycles. The smallest absolute Gasteiger partial charge is 0.244 e. The molecule has 1 amide bonds.